The number of halogens is 2. The number of rotatable bonds is 5. The molecule has 2 aromatic rings. The van der Waals surface area contributed by atoms with Crippen molar-refractivity contribution in [2.24, 2.45) is 0 Å². The Hall–Kier alpha value is -1.07. The second-order valence-corrected chi connectivity index (χ2v) is 5.73. The van der Waals surface area contributed by atoms with Gasteiger partial charge in [0.2, 0.25) is 5.88 Å². The van der Waals surface area contributed by atoms with Gasteiger partial charge in [-0.3, -0.25) is 0 Å². The summed E-state index contributed by atoms with van der Waals surface area (Å²) in [4.78, 5) is 4.40. The van der Waals surface area contributed by atoms with Crippen LogP contribution in [0.15, 0.2) is 45.3 Å². The number of hydrogen-bond acceptors (Lipinski definition) is 3. The highest BCUT2D eigenvalue weighted by Gasteiger charge is 2.05. The highest BCUT2D eigenvalue weighted by Crippen LogP contribution is 2.31. The number of hydrogen-bond donors (Lipinski definition) is 1. The largest absolute Gasteiger partial charge is 0.438 e. The van der Waals surface area contributed by atoms with E-state index in [0.717, 1.165) is 33.5 Å². The van der Waals surface area contributed by atoms with Crippen molar-refractivity contribution in [3.05, 3.63) is 45.3 Å². The first kappa shape index (κ1) is 14.3. The minimum atomic E-state index is 0.573. The van der Waals surface area contributed by atoms with Gasteiger partial charge in [-0.2, -0.15) is 4.98 Å². The number of nitrogens with one attached hydrogen (secondary N) is 1. The van der Waals surface area contributed by atoms with Crippen LogP contribution in [0.1, 0.15) is 13.3 Å². The highest BCUT2D eigenvalue weighted by atomic mass is 79.9. The van der Waals surface area contributed by atoms with E-state index in [1.54, 1.807) is 0 Å². The molecule has 0 aliphatic carbocycles. The van der Waals surface area contributed by atoms with E-state index in [0.29, 0.717) is 5.88 Å². The molecule has 0 fully saturated rings. The first-order valence-corrected chi connectivity index (χ1v) is 7.61. The second-order valence-electron chi connectivity index (χ2n) is 3.96. The van der Waals surface area contributed by atoms with Crippen molar-refractivity contribution in [1.82, 2.24) is 4.98 Å². The van der Waals surface area contributed by atoms with Crippen LogP contribution in [0.3, 0.4) is 0 Å². The normalized spacial score (nSPS) is 10.3. The van der Waals surface area contributed by atoms with Gasteiger partial charge in [0, 0.05) is 17.1 Å². The molecule has 5 heteroatoms. The fraction of sp³-hybridized carbons (Fsp3) is 0.214. The molecule has 0 aliphatic rings. The Bertz CT molecular complexity index is 561. The summed E-state index contributed by atoms with van der Waals surface area (Å²) in [5.41, 5.74) is 0. The predicted octanol–water partition coefficient (Wildman–Crippen LogP) is 5.22. The van der Waals surface area contributed by atoms with Crippen molar-refractivity contribution in [2.45, 2.75) is 13.3 Å². The van der Waals surface area contributed by atoms with Gasteiger partial charge >= 0.3 is 0 Å². The van der Waals surface area contributed by atoms with Crippen LogP contribution in [-0.2, 0) is 0 Å². The lowest BCUT2D eigenvalue weighted by Crippen LogP contribution is -2.02. The summed E-state index contributed by atoms with van der Waals surface area (Å²) in [7, 11) is 0. The van der Waals surface area contributed by atoms with Crippen molar-refractivity contribution >= 4 is 37.7 Å². The van der Waals surface area contributed by atoms with E-state index in [4.69, 9.17) is 4.74 Å². The molecule has 0 saturated carbocycles. The van der Waals surface area contributed by atoms with E-state index in [-0.39, 0.29) is 0 Å². The molecule has 0 spiro atoms. The van der Waals surface area contributed by atoms with E-state index in [1.807, 2.05) is 36.4 Å². The summed E-state index contributed by atoms with van der Waals surface area (Å²) in [6, 6.07) is 11.5. The molecule has 3 nitrogen and oxygen atoms in total. The molecule has 0 bridgehead atoms. The smallest absolute Gasteiger partial charge is 0.221 e. The molecule has 0 radical (unpaired) electrons. The van der Waals surface area contributed by atoms with Gasteiger partial charge in [-0.15, -0.1) is 0 Å². The average Bonchev–Trinajstić information content (AvgIpc) is 2.40. The lowest BCUT2D eigenvalue weighted by atomic mass is 10.3. The quantitative estimate of drug-likeness (QED) is 0.765. The number of pyridine rings is 1. The average molecular weight is 386 g/mol. The third kappa shape index (κ3) is 4.21. The predicted molar refractivity (Wildman–Crippen MR) is 84.9 cm³/mol. The lowest BCUT2D eigenvalue weighted by Gasteiger charge is -2.09. The van der Waals surface area contributed by atoms with Crippen molar-refractivity contribution in [3.63, 3.8) is 0 Å². The van der Waals surface area contributed by atoms with Gasteiger partial charge < -0.3 is 10.1 Å². The number of ether oxygens (including phenoxy) is 1. The van der Waals surface area contributed by atoms with Crippen LogP contribution >= 0.6 is 31.9 Å². The monoisotopic (exact) mass is 384 g/mol. The van der Waals surface area contributed by atoms with Gasteiger partial charge in [-0.1, -0.05) is 28.9 Å². The first-order valence-electron chi connectivity index (χ1n) is 6.03. The third-order valence-electron chi connectivity index (χ3n) is 2.39. The molecule has 0 amide bonds. The minimum Gasteiger partial charge on any atom is -0.438 e. The first-order chi connectivity index (χ1) is 9.19. The Labute approximate surface area is 129 Å². The molecule has 19 heavy (non-hydrogen) atoms. The maximum absolute atomic E-state index is 5.77. The molecular formula is C14H14Br2N2O. The van der Waals surface area contributed by atoms with E-state index in [1.165, 1.54) is 0 Å². The zero-order chi connectivity index (χ0) is 13.7. The summed E-state index contributed by atoms with van der Waals surface area (Å²) >= 11 is 6.88. The van der Waals surface area contributed by atoms with Crippen LogP contribution in [0.2, 0.25) is 0 Å². The van der Waals surface area contributed by atoms with Gasteiger partial charge in [0.05, 0.1) is 4.47 Å². The molecule has 1 aromatic heterocycles. The van der Waals surface area contributed by atoms with Gasteiger partial charge in [-0.05, 0) is 46.6 Å². The molecule has 1 aromatic carbocycles. The van der Waals surface area contributed by atoms with Crippen molar-refractivity contribution in [3.8, 4) is 11.6 Å². The standard InChI is InChI=1S/C14H14Br2N2O/c1-2-8-17-13-4-3-5-14(18-13)19-12-7-6-10(15)9-11(12)16/h3-7,9H,2,8H2,1H3,(H,17,18). The van der Waals surface area contributed by atoms with E-state index in [9.17, 15) is 0 Å². The SMILES string of the molecule is CCCNc1cccc(Oc2ccc(Br)cc2Br)n1. The maximum Gasteiger partial charge on any atom is 0.221 e. The van der Waals surface area contributed by atoms with Crippen LogP contribution in [0, 0.1) is 0 Å². The minimum absolute atomic E-state index is 0.573. The van der Waals surface area contributed by atoms with Crippen LogP contribution in [0.5, 0.6) is 11.6 Å². The fourth-order valence-electron chi connectivity index (χ4n) is 1.49. The third-order valence-corrected chi connectivity index (χ3v) is 3.50. The Morgan fingerprint density at radius 3 is 2.79 bits per heavy atom. The van der Waals surface area contributed by atoms with Gasteiger partial charge in [0.25, 0.3) is 0 Å². The van der Waals surface area contributed by atoms with Crippen LogP contribution in [0.4, 0.5) is 5.82 Å². The zero-order valence-electron chi connectivity index (χ0n) is 10.5. The molecular weight excluding hydrogens is 372 g/mol. The summed E-state index contributed by atoms with van der Waals surface area (Å²) in [5, 5.41) is 3.23. The van der Waals surface area contributed by atoms with Gasteiger partial charge in [-0.25, -0.2) is 0 Å². The topological polar surface area (TPSA) is 34.1 Å². The highest BCUT2D eigenvalue weighted by molar-refractivity contribution is 9.11. The van der Waals surface area contributed by atoms with Crippen LogP contribution in [-0.4, -0.2) is 11.5 Å². The summed E-state index contributed by atoms with van der Waals surface area (Å²) in [5.74, 6) is 2.14. The number of anilines is 1. The summed E-state index contributed by atoms with van der Waals surface area (Å²) < 4.78 is 7.65. The van der Waals surface area contributed by atoms with Crippen LogP contribution < -0.4 is 10.1 Å². The number of aromatic nitrogens is 1. The Morgan fingerprint density at radius 1 is 1.21 bits per heavy atom. The lowest BCUT2D eigenvalue weighted by molar-refractivity contribution is 0.460. The summed E-state index contributed by atoms with van der Waals surface area (Å²) in [6.07, 6.45) is 1.06. The fourth-order valence-corrected chi connectivity index (χ4v) is 2.62. The molecule has 0 aliphatic heterocycles. The van der Waals surface area contributed by atoms with Crippen LogP contribution in [0.25, 0.3) is 0 Å². The molecule has 1 N–H and O–H groups in total. The molecule has 100 valence electrons. The Morgan fingerprint density at radius 2 is 2.05 bits per heavy atom. The molecule has 0 atom stereocenters. The van der Waals surface area contributed by atoms with E-state index in [2.05, 4.69) is 49.1 Å². The summed E-state index contributed by atoms with van der Waals surface area (Å²) in [6.45, 7) is 3.02. The molecule has 0 unspecified atom stereocenters. The van der Waals surface area contributed by atoms with Crippen molar-refractivity contribution in [1.29, 1.82) is 0 Å². The zero-order valence-corrected chi connectivity index (χ0v) is 13.7. The second kappa shape index (κ2) is 6.91. The number of nitrogens with zero attached hydrogens (tertiary/aromatic N) is 1. The van der Waals surface area contributed by atoms with Gasteiger partial charge in [0.1, 0.15) is 11.6 Å². The van der Waals surface area contributed by atoms with Crippen molar-refractivity contribution in [2.75, 3.05) is 11.9 Å². The number of benzene rings is 1. The molecule has 1 heterocycles. The Kier molecular flexibility index (Phi) is 5.22. The Balaban J connectivity index is 2.14. The van der Waals surface area contributed by atoms with E-state index < -0.39 is 0 Å². The maximum atomic E-state index is 5.77. The molecule has 2 rings (SSSR count). The van der Waals surface area contributed by atoms with Crippen molar-refractivity contribution < 1.29 is 4.74 Å². The van der Waals surface area contributed by atoms with E-state index >= 15 is 0 Å². The molecule has 0 saturated heterocycles. The van der Waals surface area contributed by atoms with Gasteiger partial charge in [0.15, 0.2) is 0 Å².